The van der Waals surface area contributed by atoms with Crippen LogP contribution >= 0.6 is 0 Å². The first-order valence-corrected chi connectivity index (χ1v) is 13.7. The topological polar surface area (TPSA) is 79.7 Å². The summed E-state index contributed by atoms with van der Waals surface area (Å²) in [6, 6.07) is 26.0. The molecule has 4 aromatic rings. The van der Waals surface area contributed by atoms with Crippen molar-refractivity contribution in [2.24, 2.45) is 0 Å². The Hall–Kier alpha value is -4.71. The Morgan fingerprint density at radius 1 is 0.927 bits per heavy atom. The van der Waals surface area contributed by atoms with E-state index in [1.165, 1.54) is 4.90 Å². The minimum Gasteiger partial charge on any atom is -0.507 e. The number of aromatic nitrogens is 1. The number of pyridine rings is 1. The number of carbonyl (C=O) groups is 2. The molecule has 0 aliphatic carbocycles. The average molecular weight is 547 g/mol. The van der Waals surface area contributed by atoms with Crippen LogP contribution in [0.15, 0.2) is 103 Å². The van der Waals surface area contributed by atoms with Gasteiger partial charge < -0.3 is 14.7 Å². The monoisotopic (exact) mass is 546 g/mol. The molecular weight excluding hydrogens is 512 g/mol. The van der Waals surface area contributed by atoms with Gasteiger partial charge >= 0.3 is 0 Å². The van der Waals surface area contributed by atoms with Crippen molar-refractivity contribution in [1.29, 1.82) is 0 Å². The third kappa shape index (κ3) is 5.92. The molecule has 1 fully saturated rings. The fraction of sp³-hybridized carbons (Fsp3) is 0.229. The molecule has 0 unspecified atom stereocenters. The second-order valence-electron chi connectivity index (χ2n) is 11.4. The number of ketones is 1. The molecule has 1 aromatic heterocycles. The molecule has 1 aliphatic rings. The lowest BCUT2D eigenvalue weighted by atomic mass is 9.85. The normalized spacial score (nSPS) is 16.7. The van der Waals surface area contributed by atoms with Gasteiger partial charge in [0, 0.05) is 24.5 Å². The molecule has 41 heavy (non-hydrogen) atoms. The summed E-state index contributed by atoms with van der Waals surface area (Å²) in [7, 11) is 0. The predicted octanol–water partition coefficient (Wildman–Crippen LogP) is 6.89. The van der Waals surface area contributed by atoms with Crippen LogP contribution in [0.1, 0.15) is 60.2 Å². The summed E-state index contributed by atoms with van der Waals surface area (Å²) < 4.78 is 5.95. The van der Waals surface area contributed by atoms with Gasteiger partial charge in [-0.3, -0.25) is 14.6 Å². The molecule has 0 saturated carbocycles. The molecule has 1 N–H and O–H groups in total. The van der Waals surface area contributed by atoms with Crippen LogP contribution in [0.4, 0.5) is 0 Å². The maximum absolute atomic E-state index is 13.5. The number of hydrogen-bond donors (Lipinski definition) is 1. The van der Waals surface area contributed by atoms with E-state index in [0.29, 0.717) is 17.9 Å². The Morgan fingerprint density at radius 2 is 1.63 bits per heavy atom. The maximum Gasteiger partial charge on any atom is 0.295 e. The van der Waals surface area contributed by atoms with Crippen LogP contribution in [0, 0.1) is 6.92 Å². The Morgan fingerprint density at radius 3 is 2.27 bits per heavy atom. The van der Waals surface area contributed by atoms with Crippen molar-refractivity contribution < 1.29 is 19.4 Å². The van der Waals surface area contributed by atoms with Crippen LogP contribution in [0.2, 0.25) is 0 Å². The van der Waals surface area contributed by atoms with Crippen molar-refractivity contribution in [1.82, 2.24) is 9.88 Å². The smallest absolute Gasteiger partial charge is 0.295 e. The SMILES string of the molecule is Cc1cc(OCc2ccccc2)ccc1/C(O)=C1\C(=O)C(=O)N(Cc2cccnc2)[C@@H]1c1ccc(C(C)(C)C)cc1. The number of aliphatic hydroxyl groups excluding tert-OH is 1. The van der Waals surface area contributed by atoms with Crippen LogP contribution < -0.4 is 4.74 Å². The summed E-state index contributed by atoms with van der Waals surface area (Å²) in [5.41, 5.74) is 4.95. The van der Waals surface area contributed by atoms with E-state index in [2.05, 4.69) is 25.8 Å². The number of aryl methyl sites for hydroxylation is 1. The molecule has 1 atom stereocenters. The van der Waals surface area contributed by atoms with Gasteiger partial charge in [-0.15, -0.1) is 0 Å². The van der Waals surface area contributed by atoms with Gasteiger partial charge in [0.05, 0.1) is 11.6 Å². The minimum atomic E-state index is -0.752. The van der Waals surface area contributed by atoms with Crippen LogP contribution in [0.5, 0.6) is 5.75 Å². The minimum absolute atomic E-state index is 0.0580. The van der Waals surface area contributed by atoms with E-state index in [1.54, 1.807) is 30.6 Å². The highest BCUT2D eigenvalue weighted by Gasteiger charge is 2.46. The molecule has 1 saturated heterocycles. The number of hydrogen-bond acceptors (Lipinski definition) is 5. The summed E-state index contributed by atoms with van der Waals surface area (Å²) in [5.74, 6) is -0.913. The lowest BCUT2D eigenvalue weighted by molar-refractivity contribution is -0.140. The molecule has 6 heteroatoms. The number of rotatable bonds is 7. The zero-order valence-electron chi connectivity index (χ0n) is 23.8. The first-order chi connectivity index (χ1) is 19.6. The van der Waals surface area contributed by atoms with Crippen LogP contribution in [-0.2, 0) is 28.2 Å². The number of carbonyl (C=O) groups excluding carboxylic acids is 2. The highest BCUT2D eigenvalue weighted by molar-refractivity contribution is 6.46. The van der Waals surface area contributed by atoms with Gasteiger partial charge in [0.15, 0.2) is 0 Å². The van der Waals surface area contributed by atoms with E-state index >= 15 is 0 Å². The Balaban J connectivity index is 1.53. The fourth-order valence-electron chi connectivity index (χ4n) is 5.12. The summed E-state index contributed by atoms with van der Waals surface area (Å²) in [6.07, 6.45) is 3.34. The highest BCUT2D eigenvalue weighted by atomic mass is 16.5. The van der Waals surface area contributed by atoms with Crippen molar-refractivity contribution >= 4 is 17.4 Å². The highest BCUT2D eigenvalue weighted by Crippen LogP contribution is 2.41. The molecule has 6 nitrogen and oxygen atoms in total. The molecule has 0 radical (unpaired) electrons. The van der Waals surface area contributed by atoms with Crippen molar-refractivity contribution in [2.45, 2.75) is 52.3 Å². The second kappa shape index (κ2) is 11.4. The molecule has 0 spiro atoms. The van der Waals surface area contributed by atoms with Crippen LogP contribution in [0.3, 0.4) is 0 Å². The Labute approximate surface area is 240 Å². The Bertz CT molecular complexity index is 1590. The van der Waals surface area contributed by atoms with E-state index in [0.717, 1.165) is 27.8 Å². The summed E-state index contributed by atoms with van der Waals surface area (Å²) in [5, 5.41) is 11.6. The van der Waals surface area contributed by atoms with Crippen LogP contribution in [-0.4, -0.2) is 26.7 Å². The van der Waals surface area contributed by atoms with Crippen molar-refractivity contribution in [2.75, 3.05) is 0 Å². The lowest BCUT2D eigenvalue weighted by Gasteiger charge is -2.26. The first kappa shape index (κ1) is 27.8. The third-order valence-corrected chi connectivity index (χ3v) is 7.41. The lowest BCUT2D eigenvalue weighted by Crippen LogP contribution is -2.29. The van der Waals surface area contributed by atoms with Gasteiger partial charge in [0.1, 0.15) is 18.1 Å². The Kier molecular flexibility index (Phi) is 7.75. The molecule has 0 bridgehead atoms. The van der Waals surface area contributed by atoms with Crippen molar-refractivity contribution in [3.63, 3.8) is 0 Å². The molecule has 3 aromatic carbocycles. The van der Waals surface area contributed by atoms with E-state index in [9.17, 15) is 14.7 Å². The molecule has 1 aliphatic heterocycles. The summed E-state index contributed by atoms with van der Waals surface area (Å²) >= 11 is 0. The number of likely N-dealkylation sites (tertiary alicyclic amines) is 1. The molecule has 1 amide bonds. The van der Waals surface area contributed by atoms with Gasteiger partial charge in [-0.2, -0.15) is 0 Å². The zero-order valence-corrected chi connectivity index (χ0v) is 23.8. The van der Waals surface area contributed by atoms with E-state index < -0.39 is 17.7 Å². The number of ether oxygens (including phenoxy) is 1. The summed E-state index contributed by atoms with van der Waals surface area (Å²) in [4.78, 5) is 32.6. The molecule has 208 valence electrons. The second-order valence-corrected chi connectivity index (χ2v) is 11.4. The maximum atomic E-state index is 13.5. The molecular formula is C35H34N2O4. The molecule has 2 heterocycles. The van der Waals surface area contributed by atoms with Gasteiger partial charge in [0.2, 0.25) is 0 Å². The molecule has 5 rings (SSSR count). The third-order valence-electron chi connectivity index (χ3n) is 7.41. The fourth-order valence-corrected chi connectivity index (χ4v) is 5.12. The van der Waals surface area contributed by atoms with Crippen molar-refractivity contribution in [3.8, 4) is 5.75 Å². The number of benzene rings is 3. The van der Waals surface area contributed by atoms with Crippen molar-refractivity contribution in [3.05, 3.63) is 136 Å². The summed E-state index contributed by atoms with van der Waals surface area (Å²) in [6.45, 7) is 8.84. The quantitative estimate of drug-likeness (QED) is 0.155. The van der Waals surface area contributed by atoms with Gasteiger partial charge in [-0.25, -0.2) is 0 Å². The number of amides is 1. The van der Waals surface area contributed by atoms with E-state index in [1.807, 2.05) is 73.7 Å². The standard InChI is InChI=1S/C35H34N2O4/c1-23-19-28(41-22-24-9-6-5-7-10-24)16-17-29(23)32(38)30-31(26-12-14-27(15-13-26)35(2,3)4)37(34(40)33(30)39)21-25-11-8-18-36-20-25/h5-20,31,38H,21-22H2,1-4H3/b32-30+/t31-/m1/s1. The first-order valence-electron chi connectivity index (χ1n) is 13.7. The number of aliphatic hydroxyl groups is 1. The van der Waals surface area contributed by atoms with Gasteiger partial charge in [-0.1, -0.05) is 81.4 Å². The van der Waals surface area contributed by atoms with E-state index in [-0.39, 0.29) is 23.3 Å². The average Bonchev–Trinajstić information content (AvgIpc) is 3.21. The largest absolute Gasteiger partial charge is 0.507 e. The number of nitrogens with zero attached hydrogens (tertiary/aromatic N) is 2. The van der Waals surface area contributed by atoms with Crippen LogP contribution in [0.25, 0.3) is 5.76 Å². The van der Waals surface area contributed by atoms with Gasteiger partial charge in [-0.05, 0) is 64.4 Å². The van der Waals surface area contributed by atoms with E-state index in [4.69, 9.17) is 4.74 Å². The predicted molar refractivity (Wildman–Crippen MR) is 159 cm³/mol. The zero-order chi connectivity index (χ0) is 29.1. The van der Waals surface area contributed by atoms with Gasteiger partial charge in [0.25, 0.3) is 11.7 Å². The number of Topliss-reactive ketones (excluding diaryl/α,β-unsaturated/α-hetero) is 1.